The number of urea groups is 1. The molecule has 0 saturated carbocycles. The van der Waals surface area contributed by atoms with Gasteiger partial charge in [-0.1, -0.05) is 6.07 Å². The van der Waals surface area contributed by atoms with Crippen molar-refractivity contribution in [3.8, 4) is 11.5 Å². The first-order valence-corrected chi connectivity index (χ1v) is 11.8. The van der Waals surface area contributed by atoms with E-state index in [2.05, 4.69) is 5.32 Å². The molecule has 2 aromatic rings. The highest BCUT2D eigenvalue weighted by Crippen LogP contribution is 2.24. The zero-order valence-corrected chi connectivity index (χ0v) is 19.0. The van der Waals surface area contributed by atoms with E-state index in [4.69, 9.17) is 9.47 Å². The lowest BCUT2D eigenvalue weighted by molar-refractivity contribution is 0.200. The topological polar surface area (TPSA) is 88.2 Å². The maximum Gasteiger partial charge on any atom is 0.317 e. The number of rotatable bonds is 7. The van der Waals surface area contributed by atoms with Crippen LogP contribution in [-0.2, 0) is 16.4 Å². The molecule has 1 N–H and O–H groups in total. The average Bonchev–Trinajstić information content (AvgIpc) is 3.06. The summed E-state index contributed by atoms with van der Waals surface area (Å²) in [6.45, 7) is 1.62. The van der Waals surface area contributed by atoms with Crippen LogP contribution in [0.5, 0.6) is 11.5 Å². The van der Waals surface area contributed by atoms with Crippen LogP contribution >= 0.6 is 0 Å². The fraction of sp³-hybridized carbons (Fsp3) is 0.409. The number of nitrogens with zero attached hydrogens (tertiary/aromatic N) is 2. The van der Waals surface area contributed by atoms with E-state index in [1.165, 1.54) is 16.4 Å². The van der Waals surface area contributed by atoms with Crippen molar-refractivity contribution in [1.82, 2.24) is 14.5 Å². The molecule has 3 rings (SSSR count). The molecule has 0 unspecified atom stereocenters. The number of ether oxygens (including phenoxy) is 2. The number of methoxy groups -OCH3 is 2. The van der Waals surface area contributed by atoms with E-state index in [-0.39, 0.29) is 24.0 Å². The molecule has 1 fully saturated rings. The average molecular weight is 466 g/mol. The Morgan fingerprint density at radius 2 is 1.78 bits per heavy atom. The van der Waals surface area contributed by atoms with Crippen molar-refractivity contribution in [3.05, 3.63) is 53.8 Å². The fourth-order valence-corrected chi connectivity index (χ4v) is 5.04. The van der Waals surface area contributed by atoms with Crippen LogP contribution in [0.15, 0.2) is 47.4 Å². The zero-order chi connectivity index (χ0) is 23.1. The van der Waals surface area contributed by atoms with Crippen LogP contribution in [0.1, 0.15) is 12.0 Å². The van der Waals surface area contributed by atoms with Crippen molar-refractivity contribution in [2.24, 2.45) is 0 Å². The fourth-order valence-electron chi connectivity index (χ4n) is 3.57. The van der Waals surface area contributed by atoms with Crippen LogP contribution in [0.4, 0.5) is 9.18 Å². The van der Waals surface area contributed by atoms with Crippen molar-refractivity contribution in [2.75, 3.05) is 46.9 Å². The molecular formula is C22H28FN3O5S. The Bertz CT molecular complexity index is 1030. The van der Waals surface area contributed by atoms with Crippen LogP contribution in [0.25, 0.3) is 0 Å². The highest BCUT2D eigenvalue weighted by atomic mass is 32.2. The number of amides is 2. The van der Waals surface area contributed by atoms with E-state index in [1.54, 1.807) is 25.2 Å². The number of carbonyl (C=O) groups is 1. The molecule has 0 aliphatic carbocycles. The first-order chi connectivity index (χ1) is 15.3. The number of sulfonamides is 1. The van der Waals surface area contributed by atoms with Gasteiger partial charge in [-0.25, -0.2) is 17.6 Å². The standard InChI is InChI=1S/C22H28FN3O5S/c1-30-19-7-4-17(21(16-19)31-2)10-11-24-22(27)25-12-3-13-26(15-14-25)32(28,29)20-8-5-18(23)6-9-20/h4-9,16H,3,10-15H2,1-2H3,(H,24,27). The van der Waals surface area contributed by atoms with Crippen LogP contribution in [0, 0.1) is 5.82 Å². The van der Waals surface area contributed by atoms with Gasteiger partial charge in [-0.2, -0.15) is 4.31 Å². The van der Waals surface area contributed by atoms with Gasteiger partial charge in [0.15, 0.2) is 0 Å². The van der Waals surface area contributed by atoms with Gasteiger partial charge in [0, 0.05) is 38.8 Å². The number of carbonyl (C=O) groups excluding carboxylic acids is 1. The molecule has 32 heavy (non-hydrogen) atoms. The normalized spacial score (nSPS) is 15.2. The predicted molar refractivity (Wildman–Crippen MR) is 118 cm³/mol. The summed E-state index contributed by atoms with van der Waals surface area (Å²) in [6, 6.07) is 10.1. The lowest BCUT2D eigenvalue weighted by atomic mass is 10.1. The van der Waals surface area contributed by atoms with Crippen molar-refractivity contribution >= 4 is 16.1 Å². The third-order valence-electron chi connectivity index (χ3n) is 5.36. The third kappa shape index (κ3) is 5.68. The molecule has 0 bridgehead atoms. The molecular weight excluding hydrogens is 437 g/mol. The van der Waals surface area contributed by atoms with Crippen molar-refractivity contribution in [1.29, 1.82) is 0 Å². The summed E-state index contributed by atoms with van der Waals surface area (Å²) < 4.78 is 50.7. The first kappa shape index (κ1) is 23.8. The minimum Gasteiger partial charge on any atom is -0.497 e. The maximum atomic E-state index is 13.1. The number of benzene rings is 2. The lowest BCUT2D eigenvalue weighted by Crippen LogP contribution is -2.43. The number of halogens is 1. The largest absolute Gasteiger partial charge is 0.497 e. The van der Waals surface area contributed by atoms with Crippen LogP contribution in [0.2, 0.25) is 0 Å². The second-order valence-electron chi connectivity index (χ2n) is 7.36. The summed E-state index contributed by atoms with van der Waals surface area (Å²) in [6.07, 6.45) is 1.10. The van der Waals surface area contributed by atoms with Gasteiger partial charge < -0.3 is 19.7 Å². The summed E-state index contributed by atoms with van der Waals surface area (Å²) in [7, 11) is -0.565. The van der Waals surface area contributed by atoms with Gasteiger partial charge in [0.2, 0.25) is 10.0 Å². The van der Waals surface area contributed by atoms with Crippen LogP contribution in [0.3, 0.4) is 0 Å². The minimum absolute atomic E-state index is 0.0465. The molecule has 1 heterocycles. The summed E-state index contributed by atoms with van der Waals surface area (Å²) >= 11 is 0. The lowest BCUT2D eigenvalue weighted by Gasteiger charge is -2.22. The molecule has 0 atom stereocenters. The summed E-state index contributed by atoms with van der Waals surface area (Å²) in [5.41, 5.74) is 0.945. The number of hydrogen-bond acceptors (Lipinski definition) is 5. The van der Waals surface area contributed by atoms with E-state index in [9.17, 15) is 17.6 Å². The summed E-state index contributed by atoms with van der Waals surface area (Å²) in [4.78, 5) is 14.3. The van der Waals surface area contributed by atoms with Crippen LogP contribution < -0.4 is 14.8 Å². The van der Waals surface area contributed by atoms with Gasteiger partial charge in [-0.05, 0) is 48.7 Å². The monoisotopic (exact) mass is 465 g/mol. The van der Waals surface area contributed by atoms with E-state index in [1.807, 2.05) is 12.1 Å². The molecule has 1 aliphatic rings. The van der Waals surface area contributed by atoms with Gasteiger partial charge in [0.1, 0.15) is 17.3 Å². The molecule has 0 radical (unpaired) electrons. The molecule has 174 valence electrons. The Morgan fingerprint density at radius 3 is 2.47 bits per heavy atom. The predicted octanol–water partition coefficient (Wildman–Crippen LogP) is 2.49. The second-order valence-corrected chi connectivity index (χ2v) is 9.30. The molecule has 2 aromatic carbocycles. The molecule has 1 aliphatic heterocycles. The van der Waals surface area contributed by atoms with E-state index >= 15 is 0 Å². The van der Waals surface area contributed by atoms with Gasteiger partial charge >= 0.3 is 6.03 Å². The van der Waals surface area contributed by atoms with Crippen molar-refractivity contribution in [3.63, 3.8) is 0 Å². The SMILES string of the molecule is COc1ccc(CCNC(=O)N2CCCN(S(=O)(=O)c3ccc(F)cc3)CC2)c(OC)c1. The van der Waals surface area contributed by atoms with Gasteiger partial charge in [0.25, 0.3) is 0 Å². The van der Waals surface area contributed by atoms with Gasteiger partial charge in [-0.15, -0.1) is 0 Å². The van der Waals surface area contributed by atoms with Crippen molar-refractivity contribution in [2.45, 2.75) is 17.7 Å². The van der Waals surface area contributed by atoms with E-state index in [0.717, 1.165) is 17.7 Å². The molecule has 10 heteroatoms. The Morgan fingerprint density at radius 1 is 1.03 bits per heavy atom. The van der Waals surface area contributed by atoms with Crippen LogP contribution in [-0.4, -0.2) is 70.6 Å². The number of nitrogens with one attached hydrogen (secondary N) is 1. The zero-order valence-electron chi connectivity index (χ0n) is 18.2. The molecule has 0 spiro atoms. The highest BCUT2D eigenvalue weighted by molar-refractivity contribution is 7.89. The molecule has 1 saturated heterocycles. The Labute approximate surface area is 188 Å². The Hall–Kier alpha value is -2.85. The Balaban J connectivity index is 1.54. The Kier molecular flexibility index (Phi) is 7.92. The molecule has 0 aromatic heterocycles. The number of hydrogen-bond donors (Lipinski definition) is 1. The third-order valence-corrected chi connectivity index (χ3v) is 7.27. The minimum atomic E-state index is -3.73. The van der Waals surface area contributed by atoms with Gasteiger partial charge in [-0.3, -0.25) is 0 Å². The first-order valence-electron chi connectivity index (χ1n) is 10.3. The maximum absolute atomic E-state index is 13.1. The molecule has 2 amide bonds. The highest BCUT2D eigenvalue weighted by Gasteiger charge is 2.28. The second kappa shape index (κ2) is 10.6. The van der Waals surface area contributed by atoms with Crippen molar-refractivity contribution < 1.29 is 27.1 Å². The summed E-state index contributed by atoms with van der Waals surface area (Å²) in [5.74, 6) is 0.893. The quantitative estimate of drug-likeness (QED) is 0.679. The van der Waals surface area contributed by atoms with E-state index < -0.39 is 15.8 Å². The molecule has 8 nitrogen and oxygen atoms in total. The van der Waals surface area contributed by atoms with Gasteiger partial charge in [0.05, 0.1) is 19.1 Å². The summed E-state index contributed by atoms with van der Waals surface area (Å²) in [5, 5.41) is 2.89. The smallest absolute Gasteiger partial charge is 0.317 e. The van der Waals surface area contributed by atoms with E-state index in [0.29, 0.717) is 44.0 Å².